The van der Waals surface area contributed by atoms with E-state index in [4.69, 9.17) is 25.9 Å². The van der Waals surface area contributed by atoms with Crippen molar-refractivity contribution in [3.05, 3.63) is 46.6 Å². The molecule has 0 fully saturated rings. The molecule has 0 aliphatic carbocycles. The lowest BCUT2D eigenvalue weighted by atomic mass is 10.3. The maximum Gasteiger partial charge on any atom is 0.373 e. The minimum atomic E-state index is -1.15. The van der Waals surface area contributed by atoms with Crippen LogP contribution in [0.2, 0.25) is 5.02 Å². The van der Waals surface area contributed by atoms with Gasteiger partial charge in [0.1, 0.15) is 5.75 Å². The Hall–Kier alpha value is -2.01. The fourth-order valence-corrected chi connectivity index (χ4v) is 1.60. The van der Waals surface area contributed by atoms with E-state index >= 15 is 0 Å². The van der Waals surface area contributed by atoms with Crippen LogP contribution in [0.4, 0.5) is 0 Å². The first-order valence-electron chi connectivity index (χ1n) is 5.15. The van der Waals surface area contributed by atoms with Crippen molar-refractivity contribution in [2.75, 3.05) is 0 Å². The zero-order valence-electron chi connectivity index (χ0n) is 9.51. The van der Waals surface area contributed by atoms with Crippen molar-refractivity contribution in [3.63, 3.8) is 0 Å². The van der Waals surface area contributed by atoms with Gasteiger partial charge in [-0.05, 0) is 19.1 Å². The van der Waals surface area contributed by atoms with Gasteiger partial charge >= 0.3 is 5.97 Å². The van der Waals surface area contributed by atoms with Gasteiger partial charge in [0.25, 0.3) is 0 Å². The van der Waals surface area contributed by atoms with Crippen LogP contribution in [-0.2, 0) is 6.61 Å². The maximum absolute atomic E-state index is 10.8. The van der Waals surface area contributed by atoms with Crippen molar-refractivity contribution < 1.29 is 19.1 Å². The van der Waals surface area contributed by atoms with Gasteiger partial charge in [0.15, 0.2) is 6.61 Å². The lowest BCUT2D eigenvalue weighted by molar-refractivity contribution is 0.0657. The number of carboxylic acid groups (broad SMARTS) is 1. The first kappa shape index (κ1) is 12.4. The summed E-state index contributed by atoms with van der Waals surface area (Å²) >= 11 is 5.91. The number of ether oxygens (including phenoxy) is 1. The summed E-state index contributed by atoms with van der Waals surface area (Å²) < 4.78 is 10.4. The summed E-state index contributed by atoms with van der Waals surface area (Å²) in [6.45, 7) is 1.59. The summed E-state index contributed by atoms with van der Waals surface area (Å²) in [7, 11) is 0. The van der Waals surface area contributed by atoms with Crippen molar-refractivity contribution >= 4 is 17.6 Å². The van der Waals surface area contributed by atoms with Crippen molar-refractivity contribution in [2.24, 2.45) is 0 Å². The molecule has 0 aliphatic heterocycles. The number of carbonyl (C=O) groups is 1. The number of carboxylic acids is 1. The second-order valence-electron chi connectivity index (χ2n) is 3.55. The molecule has 0 aliphatic rings. The first-order chi connectivity index (χ1) is 8.58. The molecular formula is C12H10ClNO4. The number of aromatic nitrogens is 1. The fourth-order valence-electron chi connectivity index (χ4n) is 1.41. The van der Waals surface area contributed by atoms with Crippen molar-refractivity contribution in [1.29, 1.82) is 0 Å². The molecule has 0 radical (unpaired) electrons. The number of aromatic carboxylic acids is 1. The molecule has 1 N–H and O–H groups in total. The Morgan fingerprint density at radius 1 is 1.50 bits per heavy atom. The Bertz CT molecular complexity index is 579. The number of rotatable bonds is 4. The number of halogens is 1. The number of benzene rings is 1. The molecular weight excluding hydrogens is 258 g/mol. The maximum atomic E-state index is 10.8. The minimum Gasteiger partial charge on any atom is -0.482 e. The van der Waals surface area contributed by atoms with Gasteiger partial charge in [-0.3, -0.25) is 0 Å². The molecule has 0 amide bonds. The van der Waals surface area contributed by atoms with E-state index in [0.717, 1.165) is 0 Å². The van der Waals surface area contributed by atoms with Gasteiger partial charge in [-0.1, -0.05) is 23.7 Å². The van der Waals surface area contributed by atoms with E-state index in [1.807, 2.05) is 0 Å². The third-order valence-electron chi connectivity index (χ3n) is 2.22. The highest BCUT2D eigenvalue weighted by atomic mass is 35.5. The molecule has 1 aromatic carbocycles. The lowest BCUT2D eigenvalue weighted by Gasteiger charge is -2.04. The van der Waals surface area contributed by atoms with Crippen LogP contribution in [0.25, 0.3) is 0 Å². The van der Waals surface area contributed by atoms with Crippen LogP contribution in [0.15, 0.2) is 28.7 Å². The van der Waals surface area contributed by atoms with E-state index in [2.05, 4.69) is 4.98 Å². The molecule has 0 atom stereocenters. The zero-order valence-corrected chi connectivity index (χ0v) is 10.3. The highest BCUT2D eigenvalue weighted by molar-refractivity contribution is 6.32. The van der Waals surface area contributed by atoms with Crippen molar-refractivity contribution in [1.82, 2.24) is 4.98 Å². The van der Waals surface area contributed by atoms with Crippen LogP contribution < -0.4 is 4.74 Å². The minimum absolute atomic E-state index is 0.0256. The lowest BCUT2D eigenvalue weighted by Crippen LogP contribution is -1.96. The Labute approximate surface area is 108 Å². The second-order valence-corrected chi connectivity index (χ2v) is 3.95. The topological polar surface area (TPSA) is 72.6 Å². The van der Waals surface area contributed by atoms with Crippen molar-refractivity contribution in [3.8, 4) is 5.75 Å². The van der Waals surface area contributed by atoms with E-state index in [9.17, 15) is 4.79 Å². The van der Waals surface area contributed by atoms with E-state index in [0.29, 0.717) is 16.5 Å². The highest BCUT2D eigenvalue weighted by Crippen LogP contribution is 2.24. The summed E-state index contributed by atoms with van der Waals surface area (Å²) in [5.41, 5.74) is 0.320. The molecule has 5 nitrogen and oxygen atoms in total. The number of para-hydroxylation sites is 1. The van der Waals surface area contributed by atoms with Crippen LogP contribution in [0, 0.1) is 6.92 Å². The molecule has 0 unspecified atom stereocenters. The first-order valence-corrected chi connectivity index (χ1v) is 5.52. The summed E-state index contributed by atoms with van der Waals surface area (Å²) in [5.74, 6) is -0.631. The predicted octanol–water partition coefficient (Wildman–Crippen LogP) is 2.91. The number of hydrogen-bond donors (Lipinski definition) is 1. The fraction of sp³-hybridized carbons (Fsp3) is 0.167. The van der Waals surface area contributed by atoms with E-state index in [1.54, 1.807) is 31.2 Å². The van der Waals surface area contributed by atoms with Gasteiger partial charge in [0, 0.05) is 0 Å². The van der Waals surface area contributed by atoms with E-state index in [1.165, 1.54) is 0 Å². The van der Waals surface area contributed by atoms with Crippen LogP contribution in [0.1, 0.15) is 22.1 Å². The summed E-state index contributed by atoms with van der Waals surface area (Å²) in [6, 6.07) is 6.97. The molecule has 18 heavy (non-hydrogen) atoms. The zero-order chi connectivity index (χ0) is 13.1. The van der Waals surface area contributed by atoms with Gasteiger partial charge in [0.2, 0.25) is 11.7 Å². The molecule has 0 bridgehead atoms. The third-order valence-corrected chi connectivity index (χ3v) is 2.54. The normalized spacial score (nSPS) is 10.3. The molecule has 2 aromatic rings. The van der Waals surface area contributed by atoms with Gasteiger partial charge in [-0.25, -0.2) is 9.78 Å². The Morgan fingerprint density at radius 3 is 2.83 bits per heavy atom. The smallest absolute Gasteiger partial charge is 0.373 e. The average Bonchev–Trinajstić information content (AvgIpc) is 2.70. The molecule has 2 rings (SSSR count). The van der Waals surface area contributed by atoms with Gasteiger partial charge in [-0.2, -0.15) is 0 Å². The second kappa shape index (κ2) is 5.10. The third kappa shape index (κ3) is 2.62. The number of oxazole rings is 1. The van der Waals surface area contributed by atoms with Crippen LogP contribution >= 0.6 is 11.6 Å². The van der Waals surface area contributed by atoms with Gasteiger partial charge in [-0.15, -0.1) is 0 Å². The quantitative estimate of drug-likeness (QED) is 0.922. The monoisotopic (exact) mass is 267 g/mol. The van der Waals surface area contributed by atoms with E-state index in [-0.39, 0.29) is 18.3 Å². The molecule has 0 saturated heterocycles. The highest BCUT2D eigenvalue weighted by Gasteiger charge is 2.16. The Kier molecular flexibility index (Phi) is 3.53. The molecule has 1 aromatic heterocycles. The summed E-state index contributed by atoms with van der Waals surface area (Å²) in [4.78, 5) is 14.7. The molecule has 0 spiro atoms. The molecule has 0 saturated carbocycles. The summed E-state index contributed by atoms with van der Waals surface area (Å²) in [5, 5.41) is 9.28. The van der Waals surface area contributed by atoms with Crippen LogP contribution in [0.5, 0.6) is 5.75 Å². The molecule has 6 heteroatoms. The summed E-state index contributed by atoms with van der Waals surface area (Å²) in [6.07, 6.45) is 0. The van der Waals surface area contributed by atoms with Crippen LogP contribution in [0.3, 0.4) is 0 Å². The number of nitrogens with zero attached hydrogens (tertiary/aromatic N) is 1. The molecule has 1 heterocycles. The predicted molar refractivity (Wildman–Crippen MR) is 64.0 cm³/mol. The molecule has 94 valence electrons. The van der Waals surface area contributed by atoms with Crippen LogP contribution in [-0.4, -0.2) is 16.1 Å². The number of hydrogen-bond acceptors (Lipinski definition) is 4. The van der Waals surface area contributed by atoms with E-state index < -0.39 is 5.97 Å². The Balaban J connectivity index is 2.09. The SMILES string of the molecule is Cc1nc(COc2ccccc2Cl)oc1C(=O)O. The van der Waals surface area contributed by atoms with Crippen molar-refractivity contribution in [2.45, 2.75) is 13.5 Å². The largest absolute Gasteiger partial charge is 0.482 e. The van der Waals surface area contributed by atoms with Gasteiger partial charge in [0.05, 0.1) is 10.7 Å². The average molecular weight is 268 g/mol. The Morgan fingerprint density at radius 2 is 2.22 bits per heavy atom. The standard InChI is InChI=1S/C12H10ClNO4/c1-7-11(12(15)16)18-10(14-7)6-17-9-5-3-2-4-8(9)13/h2-5H,6H2,1H3,(H,15,16). The van der Waals surface area contributed by atoms with Gasteiger partial charge < -0.3 is 14.3 Å². The number of aryl methyl sites for hydroxylation is 1.